The number of nitrogens with two attached hydrogens (primary N) is 1. The van der Waals surface area contributed by atoms with Gasteiger partial charge >= 0.3 is 0 Å². The van der Waals surface area contributed by atoms with Gasteiger partial charge in [0.25, 0.3) is 0 Å². The molecule has 0 amide bonds. The van der Waals surface area contributed by atoms with Gasteiger partial charge in [-0.05, 0) is 42.0 Å². The van der Waals surface area contributed by atoms with Crippen LogP contribution in [-0.4, -0.2) is 15.2 Å². The summed E-state index contributed by atoms with van der Waals surface area (Å²) in [7, 11) is 0. The fourth-order valence-electron chi connectivity index (χ4n) is 2.53. The quantitative estimate of drug-likeness (QED) is 0.354. The van der Waals surface area contributed by atoms with E-state index in [0.717, 1.165) is 15.1 Å². The molecule has 130 valence electrons. The SMILES string of the molecule is Nc1ccc(Oc2ccnc3cc(-c4ccc(O)c(O)c4)sc23)c(F)c1. The molecule has 0 atom stereocenters. The van der Waals surface area contributed by atoms with Crippen molar-refractivity contribution >= 4 is 27.2 Å². The van der Waals surface area contributed by atoms with Crippen molar-refractivity contribution in [3.8, 4) is 33.4 Å². The second-order valence-corrected chi connectivity index (χ2v) is 6.68. The second kappa shape index (κ2) is 6.20. The minimum absolute atomic E-state index is 0.0731. The fraction of sp³-hybridized carbons (Fsp3) is 0. The molecule has 0 aliphatic rings. The maximum Gasteiger partial charge on any atom is 0.167 e. The van der Waals surface area contributed by atoms with Gasteiger partial charge in [-0.2, -0.15) is 0 Å². The van der Waals surface area contributed by atoms with Crippen molar-refractivity contribution in [3.63, 3.8) is 0 Å². The normalized spacial score (nSPS) is 11.0. The second-order valence-electron chi connectivity index (χ2n) is 5.63. The number of benzene rings is 2. The largest absolute Gasteiger partial charge is 0.504 e. The van der Waals surface area contributed by atoms with Crippen molar-refractivity contribution < 1.29 is 19.3 Å². The first-order valence-corrected chi connectivity index (χ1v) is 8.47. The van der Waals surface area contributed by atoms with Crippen LogP contribution in [0.4, 0.5) is 10.1 Å². The van der Waals surface area contributed by atoms with E-state index in [4.69, 9.17) is 10.5 Å². The molecule has 0 saturated heterocycles. The highest BCUT2D eigenvalue weighted by molar-refractivity contribution is 7.22. The predicted octanol–water partition coefficient (Wildman–Crippen LogP) is 4.89. The average Bonchev–Trinajstić information content (AvgIpc) is 3.05. The molecule has 2 aromatic heterocycles. The molecule has 5 nitrogen and oxygen atoms in total. The topological polar surface area (TPSA) is 88.6 Å². The van der Waals surface area contributed by atoms with Crippen LogP contribution in [0, 0.1) is 5.82 Å². The molecule has 0 spiro atoms. The number of phenols is 2. The molecule has 0 saturated carbocycles. The number of aromatic nitrogens is 1. The molecule has 4 rings (SSSR count). The standard InChI is InChI=1S/C19H13FN2O3S/c20-12-8-11(21)2-4-16(12)25-17-5-6-22-13-9-18(26-19(13)17)10-1-3-14(23)15(24)7-10/h1-9,23-24H,21H2. The Morgan fingerprint density at radius 2 is 1.81 bits per heavy atom. The molecule has 0 fully saturated rings. The van der Waals surface area contributed by atoms with Crippen molar-refractivity contribution in [2.45, 2.75) is 0 Å². The molecule has 4 N–H and O–H groups in total. The third kappa shape index (κ3) is 2.89. The number of anilines is 1. The first kappa shape index (κ1) is 16.2. The highest BCUT2D eigenvalue weighted by atomic mass is 32.1. The van der Waals surface area contributed by atoms with E-state index in [9.17, 15) is 14.6 Å². The zero-order valence-electron chi connectivity index (χ0n) is 13.3. The van der Waals surface area contributed by atoms with Gasteiger partial charge in [-0.1, -0.05) is 0 Å². The van der Waals surface area contributed by atoms with Crippen LogP contribution in [0.1, 0.15) is 0 Å². The van der Waals surface area contributed by atoms with Gasteiger partial charge in [0.2, 0.25) is 0 Å². The first-order chi connectivity index (χ1) is 12.5. The minimum Gasteiger partial charge on any atom is -0.504 e. The van der Waals surface area contributed by atoms with E-state index in [1.54, 1.807) is 24.4 Å². The summed E-state index contributed by atoms with van der Waals surface area (Å²) in [6, 6.07) is 12.3. The van der Waals surface area contributed by atoms with Crippen molar-refractivity contribution in [2.75, 3.05) is 5.73 Å². The predicted molar refractivity (Wildman–Crippen MR) is 99.3 cm³/mol. The fourth-order valence-corrected chi connectivity index (χ4v) is 3.59. The van der Waals surface area contributed by atoms with Crippen LogP contribution in [0.3, 0.4) is 0 Å². The number of rotatable bonds is 3. The Hall–Kier alpha value is -3.32. The highest BCUT2D eigenvalue weighted by Gasteiger charge is 2.13. The molecule has 2 heterocycles. The lowest BCUT2D eigenvalue weighted by atomic mass is 10.1. The zero-order chi connectivity index (χ0) is 18.3. The highest BCUT2D eigenvalue weighted by Crippen LogP contribution is 2.41. The van der Waals surface area contributed by atoms with Crippen LogP contribution in [-0.2, 0) is 0 Å². The maximum absolute atomic E-state index is 14.0. The molecule has 4 aromatic rings. The van der Waals surface area contributed by atoms with Crippen molar-refractivity contribution in [1.29, 1.82) is 0 Å². The average molecular weight is 368 g/mol. The Morgan fingerprint density at radius 1 is 0.962 bits per heavy atom. The Bertz CT molecular complexity index is 1130. The molecule has 0 aliphatic heterocycles. The number of aromatic hydroxyl groups is 2. The van der Waals surface area contributed by atoms with Crippen molar-refractivity contribution in [2.24, 2.45) is 0 Å². The van der Waals surface area contributed by atoms with E-state index in [1.165, 1.54) is 35.6 Å². The summed E-state index contributed by atoms with van der Waals surface area (Å²) in [5.74, 6) is -0.388. The number of phenolic OH excluding ortho intramolecular Hbond substituents is 2. The number of thiophene rings is 1. The lowest BCUT2D eigenvalue weighted by Gasteiger charge is -2.07. The van der Waals surface area contributed by atoms with Crippen LogP contribution in [0.25, 0.3) is 20.7 Å². The van der Waals surface area contributed by atoms with Gasteiger partial charge < -0.3 is 20.7 Å². The summed E-state index contributed by atoms with van der Waals surface area (Å²) < 4.78 is 20.5. The number of fused-ring (bicyclic) bond motifs is 1. The van der Waals surface area contributed by atoms with Crippen LogP contribution in [0.15, 0.2) is 54.7 Å². The molecule has 7 heteroatoms. The van der Waals surface area contributed by atoms with E-state index in [1.807, 2.05) is 6.07 Å². The summed E-state index contributed by atoms with van der Waals surface area (Å²) >= 11 is 1.39. The van der Waals surface area contributed by atoms with Gasteiger partial charge in [-0.3, -0.25) is 4.98 Å². The number of hydrogen-bond acceptors (Lipinski definition) is 6. The van der Waals surface area contributed by atoms with Gasteiger partial charge in [0.1, 0.15) is 5.75 Å². The van der Waals surface area contributed by atoms with Crippen LogP contribution in [0.2, 0.25) is 0 Å². The summed E-state index contributed by atoms with van der Waals surface area (Å²) in [5, 5.41) is 19.2. The van der Waals surface area contributed by atoms with E-state index in [0.29, 0.717) is 17.0 Å². The van der Waals surface area contributed by atoms with Gasteiger partial charge in [-0.25, -0.2) is 4.39 Å². The van der Waals surface area contributed by atoms with Gasteiger partial charge in [0.05, 0.1) is 10.2 Å². The number of hydrogen-bond donors (Lipinski definition) is 3. The minimum atomic E-state index is -0.546. The monoisotopic (exact) mass is 368 g/mol. The molecular formula is C19H13FN2O3S. The van der Waals surface area contributed by atoms with Crippen LogP contribution in [0.5, 0.6) is 23.0 Å². The molecule has 0 aliphatic carbocycles. The van der Waals surface area contributed by atoms with Crippen molar-refractivity contribution in [1.82, 2.24) is 4.98 Å². The summed E-state index contributed by atoms with van der Waals surface area (Å²) in [5.41, 5.74) is 7.30. The molecular weight excluding hydrogens is 355 g/mol. The number of ether oxygens (including phenoxy) is 1. The third-order valence-corrected chi connectivity index (χ3v) is 5.00. The summed E-state index contributed by atoms with van der Waals surface area (Å²) in [6.07, 6.45) is 1.58. The smallest absolute Gasteiger partial charge is 0.167 e. The summed E-state index contributed by atoms with van der Waals surface area (Å²) in [4.78, 5) is 5.14. The van der Waals surface area contributed by atoms with E-state index in [-0.39, 0.29) is 17.2 Å². The molecule has 0 bridgehead atoms. The Labute approximate surface area is 151 Å². The lowest BCUT2D eigenvalue weighted by Crippen LogP contribution is -1.91. The summed E-state index contributed by atoms with van der Waals surface area (Å²) in [6.45, 7) is 0. The zero-order valence-corrected chi connectivity index (χ0v) is 14.1. The van der Waals surface area contributed by atoms with E-state index in [2.05, 4.69) is 4.98 Å². The molecule has 0 unspecified atom stereocenters. The Morgan fingerprint density at radius 3 is 2.58 bits per heavy atom. The number of nitrogens with zero attached hydrogens (tertiary/aromatic N) is 1. The molecule has 0 radical (unpaired) electrons. The Kier molecular flexibility index (Phi) is 3.85. The third-order valence-electron chi connectivity index (χ3n) is 3.81. The maximum atomic E-state index is 14.0. The lowest BCUT2D eigenvalue weighted by molar-refractivity contribution is 0.404. The number of pyridine rings is 1. The van der Waals surface area contributed by atoms with E-state index < -0.39 is 5.82 Å². The number of nitrogen functional groups attached to an aromatic ring is 1. The van der Waals surface area contributed by atoms with Gasteiger partial charge in [-0.15, -0.1) is 11.3 Å². The van der Waals surface area contributed by atoms with Gasteiger partial charge in [0.15, 0.2) is 23.1 Å². The van der Waals surface area contributed by atoms with Crippen LogP contribution >= 0.6 is 11.3 Å². The number of halogens is 1. The van der Waals surface area contributed by atoms with E-state index >= 15 is 0 Å². The van der Waals surface area contributed by atoms with Gasteiger partial charge in [0, 0.05) is 28.9 Å². The first-order valence-electron chi connectivity index (χ1n) is 7.65. The molecule has 2 aromatic carbocycles. The Balaban J connectivity index is 1.77. The van der Waals surface area contributed by atoms with Crippen LogP contribution < -0.4 is 10.5 Å². The molecule has 26 heavy (non-hydrogen) atoms. The van der Waals surface area contributed by atoms with Crippen molar-refractivity contribution in [3.05, 3.63) is 60.5 Å².